The monoisotopic (exact) mass is 307 g/mol. The summed E-state index contributed by atoms with van der Waals surface area (Å²) in [6, 6.07) is 0. The Bertz CT molecular complexity index is 145. The molecule has 1 heterocycles. The first-order chi connectivity index (χ1) is 6.72. The molecule has 82 valence electrons. The maximum atomic E-state index is 5.67. The van der Waals surface area contributed by atoms with E-state index in [2.05, 4.69) is 25.7 Å². The first kappa shape index (κ1) is 12.7. The zero-order chi connectivity index (χ0) is 10.4. The van der Waals surface area contributed by atoms with Crippen molar-refractivity contribution in [2.24, 2.45) is 0 Å². The van der Waals surface area contributed by atoms with Gasteiger partial charge in [-0.1, -0.05) is 0 Å². The van der Waals surface area contributed by atoms with E-state index in [1.165, 1.54) is 19.4 Å². The van der Waals surface area contributed by atoms with Crippen molar-refractivity contribution in [1.29, 1.82) is 0 Å². The normalized spacial score (nSPS) is 31.1. The van der Waals surface area contributed by atoms with E-state index in [0.29, 0.717) is 12.2 Å². The topological polar surface area (TPSA) is 21.7 Å². The molecule has 0 saturated carbocycles. The molecule has 1 rings (SSSR count). The number of rotatable bonds is 3. The molecule has 2 radical (unpaired) electrons. The van der Waals surface area contributed by atoms with Crippen LogP contribution in [0.1, 0.15) is 33.6 Å². The molecule has 3 nitrogen and oxygen atoms in total. The van der Waals surface area contributed by atoms with Crippen LogP contribution in [0.2, 0.25) is 0 Å². The minimum absolute atomic E-state index is 0.367. The number of unbranched alkanes of at least 4 members (excludes halogenated alkanes) is 1. The van der Waals surface area contributed by atoms with Crippen LogP contribution < -0.4 is 0 Å². The molecule has 2 atom stereocenters. The molecule has 14 heavy (non-hydrogen) atoms. The Balaban J connectivity index is 2.35. The second-order valence-electron chi connectivity index (χ2n) is 4.05. The van der Waals surface area contributed by atoms with Gasteiger partial charge in [0.05, 0.1) is 0 Å². The van der Waals surface area contributed by atoms with Gasteiger partial charge in [-0.15, -0.1) is 0 Å². The molecule has 0 bridgehead atoms. The molecule has 1 fully saturated rings. The third kappa shape index (κ3) is 4.96. The van der Waals surface area contributed by atoms with Crippen LogP contribution in [-0.2, 0) is 6.15 Å². The summed E-state index contributed by atoms with van der Waals surface area (Å²) in [4.78, 5) is 2.47. The molecule has 1 aliphatic heterocycles. The maximum absolute atomic E-state index is 5.67. The zero-order valence-electron chi connectivity index (χ0n) is 9.45. The van der Waals surface area contributed by atoms with Crippen molar-refractivity contribution in [3.8, 4) is 0 Å². The average Bonchev–Trinajstić information content (AvgIpc) is 2.11. The van der Waals surface area contributed by atoms with E-state index >= 15 is 0 Å². The van der Waals surface area contributed by atoms with Gasteiger partial charge < -0.3 is 0 Å². The fourth-order valence-corrected chi connectivity index (χ4v) is 3.15. The van der Waals surface area contributed by atoms with Crippen LogP contribution in [-0.4, -0.2) is 58.7 Å². The molecule has 4 heteroatoms. The van der Waals surface area contributed by atoms with Gasteiger partial charge in [0.15, 0.2) is 0 Å². The zero-order valence-corrected chi connectivity index (χ0v) is 12.3. The molecular weight excluding hydrogens is 285 g/mol. The molecule has 0 aromatic heterocycles. The third-order valence-corrected chi connectivity index (χ3v) is 5.20. The Hall–Kier alpha value is 0.679. The van der Waals surface area contributed by atoms with Gasteiger partial charge in [0.25, 0.3) is 0 Å². The molecule has 0 N–H and O–H groups in total. The van der Waals surface area contributed by atoms with Crippen molar-refractivity contribution in [2.75, 3.05) is 19.6 Å². The SMILES string of the molecule is CCCCN1CC(C)[O][Sn][O]C(C)C1. The summed E-state index contributed by atoms with van der Waals surface area (Å²) in [6.07, 6.45) is 3.27. The van der Waals surface area contributed by atoms with Gasteiger partial charge in [0.1, 0.15) is 0 Å². The molecule has 1 saturated heterocycles. The van der Waals surface area contributed by atoms with E-state index < -0.39 is 22.0 Å². The molecule has 0 aliphatic carbocycles. The fraction of sp³-hybridized carbons (Fsp3) is 1.00. The number of hydrogen-bond donors (Lipinski definition) is 0. The number of hydrogen-bond acceptors (Lipinski definition) is 3. The average molecular weight is 306 g/mol. The second kappa shape index (κ2) is 7.04. The van der Waals surface area contributed by atoms with Crippen LogP contribution in [0.25, 0.3) is 0 Å². The Morgan fingerprint density at radius 3 is 2.29 bits per heavy atom. The van der Waals surface area contributed by atoms with Gasteiger partial charge in [0.2, 0.25) is 0 Å². The Morgan fingerprint density at radius 2 is 1.79 bits per heavy atom. The van der Waals surface area contributed by atoms with Gasteiger partial charge in [-0.05, 0) is 0 Å². The molecule has 0 amide bonds. The van der Waals surface area contributed by atoms with Gasteiger partial charge in [-0.25, -0.2) is 0 Å². The predicted molar refractivity (Wildman–Crippen MR) is 58.2 cm³/mol. The van der Waals surface area contributed by atoms with Crippen molar-refractivity contribution >= 4 is 22.0 Å². The van der Waals surface area contributed by atoms with E-state index in [0.717, 1.165) is 13.1 Å². The van der Waals surface area contributed by atoms with Crippen LogP contribution in [0.15, 0.2) is 0 Å². The second-order valence-corrected chi connectivity index (χ2v) is 5.87. The van der Waals surface area contributed by atoms with Crippen LogP contribution in [0, 0.1) is 0 Å². The summed E-state index contributed by atoms with van der Waals surface area (Å²) < 4.78 is 11.3. The van der Waals surface area contributed by atoms with Crippen molar-refractivity contribution in [3.05, 3.63) is 0 Å². The Labute approximate surface area is 98.4 Å². The van der Waals surface area contributed by atoms with Crippen LogP contribution >= 0.6 is 0 Å². The van der Waals surface area contributed by atoms with Crippen LogP contribution in [0.5, 0.6) is 0 Å². The van der Waals surface area contributed by atoms with Crippen molar-refractivity contribution in [1.82, 2.24) is 4.90 Å². The summed E-state index contributed by atoms with van der Waals surface area (Å²) in [6.45, 7) is 9.88. The predicted octanol–water partition coefficient (Wildman–Crippen LogP) is 1.45. The summed E-state index contributed by atoms with van der Waals surface area (Å²) in [5.41, 5.74) is 0. The van der Waals surface area contributed by atoms with Gasteiger partial charge in [-0.2, -0.15) is 0 Å². The fourth-order valence-electron chi connectivity index (χ4n) is 1.63. The Kier molecular flexibility index (Phi) is 6.41. The first-order valence-electron chi connectivity index (χ1n) is 5.51. The van der Waals surface area contributed by atoms with E-state index in [4.69, 9.17) is 6.15 Å². The molecule has 0 aromatic carbocycles. The number of nitrogens with zero attached hydrogens (tertiary/aromatic N) is 1. The molecule has 1 aliphatic rings. The molecule has 2 unspecified atom stereocenters. The minimum atomic E-state index is -0.972. The van der Waals surface area contributed by atoms with E-state index in [9.17, 15) is 0 Å². The standard InChI is InChI=1S/C10H21NO2.Sn/c1-4-5-6-11(7-9(2)12)8-10(3)13;/h9-10H,4-8H2,1-3H3;/q-2;+2. The third-order valence-electron chi connectivity index (χ3n) is 2.36. The quantitative estimate of drug-likeness (QED) is 0.737. The molecule has 0 aromatic rings. The van der Waals surface area contributed by atoms with Crippen molar-refractivity contribution in [2.45, 2.75) is 45.8 Å². The summed E-state index contributed by atoms with van der Waals surface area (Å²) >= 11 is -0.972. The summed E-state index contributed by atoms with van der Waals surface area (Å²) in [7, 11) is 0. The van der Waals surface area contributed by atoms with E-state index in [1.54, 1.807) is 0 Å². The van der Waals surface area contributed by atoms with E-state index in [-0.39, 0.29) is 0 Å². The summed E-state index contributed by atoms with van der Waals surface area (Å²) in [5.74, 6) is 0. The van der Waals surface area contributed by atoms with E-state index in [1.807, 2.05) is 0 Å². The summed E-state index contributed by atoms with van der Waals surface area (Å²) in [5, 5.41) is 0. The van der Waals surface area contributed by atoms with Crippen molar-refractivity contribution in [3.63, 3.8) is 0 Å². The Morgan fingerprint density at radius 1 is 1.21 bits per heavy atom. The van der Waals surface area contributed by atoms with Crippen LogP contribution in [0.4, 0.5) is 0 Å². The van der Waals surface area contributed by atoms with Gasteiger partial charge >= 0.3 is 98.5 Å². The van der Waals surface area contributed by atoms with Gasteiger partial charge in [0, 0.05) is 0 Å². The van der Waals surface area contributed by atoms with Crippen molar-refractivity contribution < 1.29 is 6.15 Å². The first-order valence-corrected chi connectivity index (χ1v) is 7.84. The molecular formula is C10H21NO2Sn. The molecule has 0 spiro atoms. The van der Waals surface area contributed by atoms with Gasteiger partial charge in [-0.3, -0.25) is 0 Å². The van der Waals surface area contributed by atoms with Crippen LogP contribution in [0.3, 0.4) is 0 Å².